The van der Waals surface area contributed by atoms with E-state index in [1.54, 1.807) is 21.3 Å². The highest BCUT2D eigenvalue weighted by atomic mass is 28.4. The number of aliphatic hydroxyl groups is 1. The van der Waals surface area contributed by atoms with E-state index < -0.39 is 8.80 Å². The molecule has 0 aromatic rings. The number of hydrogen-bond donors (Lipinski definition) is 1. The molecular formula is C8H20O4Si. The molecule has 0 saturated carbocycles. The molecule has 0 fully saturated rings. The fraction of sp³-hybridized carbons (Fsp3) is 1.00. The minimum Gasteiger partial charge on any atom is -0.393 e. The van der Waals surface area contributed by atoms with Gasteiger partial charge in [-0.3, -0.25) is 0 Å². The summed E-state index contributed by atoms with van der Waals surface area (Å²) < 4.78 is 15.6. The Morgan fingerprint density at radius 2 is 1.62 bits per heavy atom. The van der Waals surface area contributed by atoms with Crippen LogP contribution in [0.2, 0.25) is 6.04 Å². The quantitative estimate of drug-likeness (QED) is 0.635. The Morgan fingerprint density at radius 3 is 1.92 bits per heavy atom. The molecule has 0 aromatic heterocycles. The Balaban J connectivity index is 3.95. The molecule has 0 amide bonds. The maximum atomic E-state index is 9.36. The van der Waals surface area contributed by atoms with Gasteiger partial charge in [0, 0.05) is 27.4 Å². The van der Waals surface area contributed by atoms with Crippen LogP contribution in [-0.4, -0.2) is 41.3 Å². The van der Waals surface area contributed by atoms with Crippen molar-refractivity contribution in [1.82, 2.24) is 0 Å². The number of rotatable bonds is 7. The molecule has 5 heteroatoms. The van der Waals surface area contributed by atoms with Gasteiger partial charge in [0.15, 0.2) is 0 Å². The van der Waals surface area contributed by atoms with Crippen molar-refractivity contribution in [1.29, 1.82) is 0 Å². The van der Waals surface area contributed by atoms with Gasteiger partial charge in [-0.25, -0.2) is 0 Å². The molecule has 0 aliphatic rings. The van der Waals surface area contributed by atoms with Gasteiger partial charge in [-0.05, 0) is 12.8 Å². The molecule has 0 heterocycles. The van der Waals surface area contributed by atoms with Crippen molar-refractivity contribution in [2.45, 2.75) is 31.9 Å². The fourth-order valence-electron chi connectivity index (χ4n) is 1.10. The van der Waals surface area contributed by atoms with E-state index in [2.05, 4.69) is 0 Å². The summed E-state index contributed by atoms with van der Waals surface area (Å²) >= 11 is 0. The van der Waals surface area contributed by atoms with Gasteiger partial charge >= 0.3 is 8.80 Å². The Hall–Kier alpha value is 0.0569. The maximum absolute atomic E-state index is 9.36. The van der Waals surface area contributed by atoms with Crippen LogP contribution in [0.5, 0.6) is 0 Å². The average Bonchev–Trinajstić information content (AvgIpc) is 2.20. The highest BCUT2D eigenvalue weighted by Gasteiger charge is 2.37. The lowest BCUT2D eigenvalue weighted by Gasteiger charge is -2.25. The molecule has 0 radical (unpaired) electrons. The summed E-state index contributed by atoms with van der Waals surface area (Å²) in [5.41, 5.74) is 0. The van der Waals surface area contributed by atoms with Crippen molar-refractivity contribution < 1.29 is 18.4 Å². The molecule has 4 nitrogen and oxygen atoms in total. The smallest absolute Gasteiger partial charge is 0.393 e. The van der Waals surface area contributed by atoms with Crippen molar-refractivity contribution in [2.75, 3.05) is 21.3 Å². The van der Waals surface area contributed by atoms with Crippen LogP contribution in [0, 0.1) is 0 Å². The number of hydrogen-bond acceptors (Lipinski definition) is 4. The predicted molar refractivity (Wildman–Crippen MR) is 52.5 cm³/mol. The molecule has 1 unspecified atom stereocenters. The summed E-state index contributed by atoms with van der Waals surface area (Å²) in [4.78, 5) is 0. The van der Waals surface area contributed by atoms with Crippen LogP contribution in [0.1, 0.15) is 19.8 Å². The van der Waals surface area contributed by atoms with Crippen LogP contribution >= 0.6 is 0 Å². The van der Waals surface area contributed by atoms with Gasteiger partial charge in [-0.15, -0.1) is 0 Å². The van der Waals surface area contributed by atoms with Crippen molar-refractivity contribution in [3.63, 3.8) is 0 Å². The molecular weight excluding hydrogens is 188 g/mol. The summed E-state index contributed by atoms with van der Waals surface area (Å²) in [5, 5.41) is 9.36. The largest absolute Gasteiger partial charge is 0.500 e. The topological polar surface area (TPSA) is 47.9 Å². The van der Waals surface area contributed by atoms with Crippen LogP contribution in [0.15, 0.2) is 0 Å². The van der Waals surface area contributed by atoms with E-state index in [-0.39, 0.29) is 6.10 Å². The molecule has 0 saturated heterocycles. The van der Waals surface area contributed by atoms with E-state index >= 15 is 0 Å². The molecule has 0 spiro atoms. The second-order valence-electron chi connectivity index (χ2n) is 2.90. The zero-order chi connectivity index (χ0) is 10.3. The van der Waals surface area contributed by atoms with Crippen LogP contribution in [0.25, 0.3) is 0 Å². The first kappa shape index (κ1) is 13.1. The van der Waals surface area contributed by atoms with E-state index in [0.29, 0.717) is 12.5 Å². The first-order chi connectivity index (χ1) is 6.14. The molecule has 80 valence electrons. The fourth-order valence-corrected chi connectivity index (χ4v) is 2.90. The lowest BCUT2D eigenvalue weighted by Crippen LogP contribution is -2.43. The summed E-state index contributed by atoms with van der Waals surface area (Å²) in [5.74, 6) is 0. The highest BCUT2D eigenvalue weighted by molar-refractivity contribution is 6.60. The minimum absolute atomic E-state index is 0.285. The molecule has 0 aromatic carbocycles. The number of aliphatic hydroxyl groups excluding tert-OH is 1. The molecule has 1 N–H and O–H groups in total. The van der Waals surface area contributed by atoms with E-state index in [9.17, 15) is 5.11 Å². The van der Waals surface area contributed by atoms with Crippen molar-refractivity contribution in [3.05, 3.63) is 0 Å². The van der Waals surface area contributed by atoms with E-state index in [0.717, 1.165) is 6.42 Å². The van der Waals surface area contributed by atoms with Crippen LogP contribution in [0.4, 0.5) is 0 Å². The first-order valence-electron chi connectivity index (χ1n) is 4.47. The Morgan fingerprint density at radius 1 is 1.15 bits per heavy atom. The molecule has 1 atom stereocenters. The summed E-state index contributed by atoms with van der Waals surface area (Å²) in [6.07, 6.45) is 1.13. The third-order valence-corrected chi connectivity index (χ3v) is 4.96. The van der Waals surface area contributed by atoms with Gasteiger partial charge in [-0.1, -0.05) is 6.92 Å². The summed E-state index contributed by atoms with van der Waals surface area (Å²) in [6.45, 7) is 1.94. The van der Waals surface area contributed by atoms with Gasteiger partial charge in [-0.2, -0.15) is 0 Å². The van der Waals surface area contributed by atoms with Crippen molar-refractivity contribution in [3.8, 4) is 0 Å². The maximum Gasteiger partial charge on any atom is 0.500 e. The standard InChI is InChI=1S/C8H20O4Si/c1-5-8(9)6-7-13(10-2,11-3)12-4/h8-9H,5-7H2,1-4H3. The van der Waals surface area contributed by atoms with E-state index in [1.165, 1.54) is 0 Å². The first-order valence-corrected chi connectivity index (χ1v) is 6.40. The van der Waals surface area contributed by atoms with E-state index in [1.807, 2.05) is 6.92 Å². The minimum atomic E-state index is -2.46. The third-order valence-electron chi connectivity index (χ3n) is 2.19. The Kier molecular flexibility index (Phi) is 6.53. The zero-order valence-electron chi connectivity index (χ0n) is 8.87. The summed E-state index contributed by atoms with van der Waals surface area (Å²) in [6, 6.07) is 0.658. The lowest BCUT2D eigenvalue weighted by molar-refractivity contribution is 0.109. The van der Waals surface area contributed by atoms with Crippen molar-refractivity contribution in [2.24, 2.45) is 0 Å². The van der Waals surface area contributed by atoms with Gasteiger partial charge in [0.1, 0.15) is 0 Å². The van der Waals surface area contributed by atoms with Crippen LogP contribution < -0.4 is 0 Å². The second-order valence-corrected chi connectivity index (χ2v) is 5.99. The average molecular weight is 208 g/mol. The van der Waals surface area contributed by atoms with Gasteiger partial charge in [0.25, 0.3) is 0 Å². The molecule has 13 heavy (non-hydrogen) atoms. The molecule has 0 bridgehead atoms. The van der Waals surface area contributed by atoms with Crippen molar-refractivity contribution >= 4 is 8.80 Å². The predicted octanol–water partition coefficient (Wildman–Crippen LogP) is 1.03. The normalized spacial score (nSPS) is 14.5. The van der Waals surface area contributed by atoms with Gasteiger partial charge in [0.05, 0.1) is 6.10 Å². The lowest BCUT2D eigenvalue weighted by atomic mass is 10.2. The SMILES string of the molecule is CCC(O)CC[Si](OC)(OC)OC. The second kappa shape index (κ2) is 6.50. The molecule has 0 rings (SSSR count). The Bertz CT molecular complexity index is 119. The highest BCUT2D eigenvalue weighted by Crippen LogP contribution is 2.17. The summed E-state index contributed by atoms with van der Waals surface area (Å²) in [7, 11) is 2.29. The zero-order valence-corrected chi connectivity index (χ0v) is 9.87. The van der Waals surface area contributed by atoms with E-state index in [4.69, 9.17) is 13.3 Å². The van der Waals surface area contributed by atoms with Gasteiger partial charge < -0.3 is 18.4 Å². The molecule has 0 aliphatic carbocycles. The third kappa shape index (κ3) is 4.19. The molecule has 0 aliphatic heterocycles. The van der Waals surface area contributed by atoms with Gasteiger partial charge in [0.2, 0.25) is 0 Å². The Labute approximate surface area is 81.2 Å². The monoisotopic (exact) mass is 208 g/mol. The van der Waals surface area contributed by atoms with Crippen LogP contribution in [-0.2, 0) is 13.3 Å². The van der Waals surface area contributed by atoms with Crippen LogP contribution in [0.3, 0.4) is 0 Å².